The maximum absolute atomic E-state index is 13.6. The van der Waals surface area contributed by atoms with Crippen molar-refractivity contribution in [1.29, 1.82) is 0 Å². The number of hydrogen-bond donors (Lipinski definition) is 1. The number of ether oxygens (including phenoxy) is 1. The fourth-order valence-electron chi connectivity index (χ4n) is 3.68. The van der Waals surface area contributed by atoms with Gasteiger partial charge in [-0.1, -0.05) is 18.2 Å². The number of para-hydroxylation sites is 1. The highest BCUT2D eigenvalue weighted by Crippen LogP contribution is 2.35. The third-order valence-corrected chi connectivity index (χ3v) is 7.05. The number of carbonyl (C=O) groups excluding carboxylic acids is 1. The van der Waals surface area contributed by atoms with E-state index in [4.69, 9.17) is 4.74 Å². The Balaban J connectivity index is 1.72. The van der Waals surface area contributed by atoms with Crippen molar-refractivity contribution in [3.63, 3.8) is 0 Å². The molecule has 2 heterocycles. The highest BCUT2D eigenvalue weighted by atomic mass is 32.2. The number of benzene rings is 2. The molecule has 0 unspecified atom stereocenters. The Morgan fingerprint density at radius 3 is 2.71 bits per heavy atom. The van der Waals surface area contributed by atoms with Crippen LogP contribution in [-0.2, 0) is 16.4 Å². The first-order valence-corrected chi connectivity index (χ1v) is 11.4. The van der Waals surface area contributed by atoms with E-state index in [0.29, 0.717) is 18.1 Å². The highest BCUT2D eigenvalue weighted by molar-refractivity contribution is 7.93. The van der Waals surface area contributed by atoms with E-state index in [-0.39, 0.29) is 16.2 Å². The van der Waals surface area contributed by atoms with Crippen LogP contribution in [0.25, 0.3) is 0 Å². The summed E-state index contributed by atoms with van der Waals surface area (Å²) in [6.07, 6.45) is 3.14. The Hall–Kier alpha value is -3.39. The molecule has 4 rings (SSSR count). The van der Waals surface area contributed by atoms with Crippen LogP contribution in [0.4, 0.5) is 11.5 Å². The molecule has 31 heavy (non-hydrogen) atoms. The van der Waals surface area contributed by atoms with Crippen molar-refractivity contribution in [1.82, 2.24) is 4.98 Å². The minimum Gasteiger partial charge on any atom is -0.495 e. The van der Waals surface area contributed by atoms with Crippen LogP contribution < -0.4 is 14.4 Å². The molecular weight excluding hydrogens is 414 g/mol. The molecule has 8 heteroatoms. The van der Waals surface area contributed by atoms with Crippen LogP contribution in [0.2, 0.25) is 0 Å². The quantitative estimate of drug-likeness (QED) is 0.656. The number of anilines is 2. The normalized spacial score (nSPS) is 13.4. The van der Waals surface area contributed by atoms with E-state index in [2.05, 4.69) is 10.3 Å². The number of carbonyl (C=O) groups is 1. The first-order chi connectivity index (χ1) is 14.9. The zero-order chi connectivity index (χ0) is 22.0. The standard InChI is InChI=1S/C23H23N3O4S/c1-16-11-12-24-22(14-16)25-23(27)18-9-10-20(30-2)21(15-18)31(28,29)26-13-5-7-17-6-3-4-8-19(17)26/h3-4,6,8-12,14-15H,5,7,13H2,1-2H3,(H,24,25,27). The Kier molecular flexibility index (Phi) is 5.65. The van der Waals surface area contributed by atoms with Crippen LogP contribution in [0.15, 0.2) is 65.7 Å². The molecule has 0 saturated heterocycles. The molecule has 1 aromatic heterocycles. The smallest absolute Gasteiger partial charge is 0.268 e. The van der Waals surface area contributed by atoms with Crippen molar-refractivity contribution in [2.75, 3.05) is 23.3 Å². The second-order valence-corrected chi connectivity index (χ2v) is 9.18. The fourth-order valence-corrected chi connectivity index (χ4v) is 5.41. The molecule has 1 aliphatic heterocycles. The summed E-state index contributed by atoms with van der Waals surface area (Å²) in [5.41, 5.74) is 2.80. The van der Waals surface area contributed by atoms with Crippen molar-refractivity contribution >= 4 is 27.4 Å². The molecule has 0 radical (unpaired) electrons. The van der Waals surface area contributed by atoms with E-state index in [0.717, 1.165) is 24.0 Å². The first kappa shape index (κ1) is 20.9. The summed E-state index contributed by atoms with van der Waals surface area (Å²) < 4.78 is 33.9. The largest absolute Gasteiger partial charge is 0.495 e. The third kappa shape index (κ3) is 4.11. The molecule has 0 spiro atoms. The Morgan fingerprint density at radius 2 is 1.94 bits per heavy atom. The summed E-state index contributed by atoms with van der Waals surface area (Å²) in [4.78, 5) is 16.9. The van der Waals surface area contributed by atoms with Gasteiger partial charge >= 0.3 is 0 Å². The molecule has 2 aromatic carbocycles. The van der Waals surface area contributed by atoms with E-state index in [1.54, 1.807) is 18.3 Å². The Bertz CT molecular complexity index is 1240. The van der Waals surface area contributed by atoms with Crippen LogP contribution in [-0.4, -0.2) is 33.0 Å². The van der Waals surface area contributed by atoms with E-state index in [1.807, 2.05) is 31.2 Å². The minimum absolute atomic E-state index is 0.0449. The van der Waals surface area contributed by atoms with E-state index >= 15 is 0 Å². The van der Waals surface area contributed by atoms with Gasteiger partial charge in [0, 0.05) is 18.3 Å². The van der Waals surface area contributed by atoms with Crippen molar-refractivity contribution in [2.24, 2.45) is 0 Å². The highest BCUT2D eigenvalue weighted by Gasteiger charge is 2.32. The average Bonchev–Trinajstić information content (AvgIpc) is 2.78. The van der Waals surface area contributed by atoms with Gasteiger partial charge in [-0.3, -0.25) is 9.10 Å². The van der Waals surface area contributed by atoms with Gasteiger partial charge in [0.05, 0.1) is 12.8 Å². The van der Waals surface area contributed by atoms with Gasteiger partial charge in [0.2, 0.25) is 0 Å². The summed E-state index contributed by atoms with van der Waals surface area (Å²) in [6, 6.07) is 15.4. The first-order valence-electron chi connectivity index (χ1n) is 9.93. The number of pyridine rings is 1. The van der Waals surface area contributed by atoms with Crippen LogP contribution in [0.1, 0.15) is 27.9 Å². The predicted octanol–water partition coefficient (Wildman–Crippen LogP) is 3.79. The minimum atomic E-state index is -3.94. The molecule has 0 saturated carbocycles. The number of rotatable bonds is 5. The number of sulfonamides is 1. The summed E-state index contributed by atoms with van der Waals surface area (Å²) in [7, 11) is -2.53. The molecule has 0 fully saturated rings. The monoisotopic (exact) mass is 437 g/mol. The van der Waals surface area contributed by atoms with Crippen LogP contribution >= 0.6 is 0 Å². The van der Waals surface area contributed by atoms with E-state index in [9.17, 15) is 13.2 Å². The number of nitrogens with zero attached hydrogens (tertiary/aromatic N) is 2. The number of aryl methyl sites for hydroxylation is 2. The molecule has 1 N–H and O–H groups in total. The molecule has 0 bridgehead atoms. The van der Waals surface area contributed by atoms with Gasteiger partial charge in [0.15, 0.2) is 0 Å². The van der Waals surface area contributed by atoms with Gasteiger partial charge < -0.3 is 10.1 Å². The SMILES string of the molecule is COc1ccc(C(=O)Nc2cc(C)ccn2)cc1S(=O)(=O)N1CCCc2ccccc21. The number of aromatic nitrogens is 1. The summed E-state index contributed by atoms with van der Waals surface area (Å²) in [5.74, 6) is 0.139. The topological polar surface area (TPSA) is 88.6 Å². The molecule has 160 valence electrons. The van der Waals surface area contributed by atoms with Gasteiger partial charge in [-0.2, -0.15) is 0 Å². The number of hydrogen-bond acceptors (Lipinski definition) is 5. The molecule has 0 aliphatic carbocycles. The number of methoxy groups -OCH3 is 1. The van der Waals surface area contributed by atoms with Gasteiger partial charge in [0.1, 0.15) is 16.5 Å². The van der Waals surface area contributed by atoms with Crippen LogP contribution in [0.3, 0.4) is 0 Å². The van der Waals surface area contributed by atoms with Crippen LogP contribution in [0.5, 0.6) is 5.75 Å². The van der Waals surface area contributed by atoms with Crippen molar-refractivity contribution in [3.05, 3.63) is 77.5 Å². The van der Waals surface area contributed by atoms with Crippen LogP contribution in [0, 0.1) is 6.92 Å². The molecule has 3 aromatic rings. The van der Waals surface area contributed by atoms with Gasteiger partial charge in [-0.25, -0.2) is 13.4 Å². The molecule has 0 atom stereocenters. The molecular formula is C23H23N3O4S. The number of amides is 1. The van der Waals surface area contributed by atoms with Crippen molar-refractivity contribution < 1.29 is 17.9 Å². The van der Waals surface area contributed by atoms with E-state index in [1.165, 1.54) is 29.6 Å². The van der Waals surface area contributed by atoms with Crippen molar-refractivity contribution in [3.8, 4) is 5.75 Å². The molecule has 7 nitrogen and oxygen atoms in total. The van der Waals surface area contributed by atoms with Gasteiger partial charge in [-0.05, 0) is 67.3 Å². The molecule has 1 amide bonds. The zero-order valence-electron chi connectivity index (χ0n) is 17.3. The average molecular weight is 438 g/mol. The zero-order valence-corrected chi connectivity index (χ0v) is 18.1. The lowest BCUT2D eigenvalue weighted by Gasteiger charge is -2.31. The number of fused-ring (bicyclic) bond motifs is 1. The maximum Gasteiger partial charge on any atom is 0.268 e. The van der Waals surface area contributed by atoms with Gasteiger partial charge in [-0.15, -0.1) is 0 Å². The summed E-state index contributed by atoms with van der Waals surface area (Å²) in [6.45, 7) is 2.26. The van der Waals surface area contributed by atoms with Gasteiger partial charge in [0.25, 0.3) is 15.9 Å². The lowest BCUT2D eigenvalue weighted by atomic mass is 10.0. The Labute approximate surface area is 181 Å². The summed E-state index contributed by atoms with van der Waals surface area (Å²) >= 11 is 0. The predicted molar refractivity (Wildman–Crippen MR) is 119 cm³/mol. The maximum atomic E-state index is 13.6. The second-order valence-electron chi connectivity index (χ2n) is 7.35. The summed E-state index contributed by atoms with van der Waals surface area (Å²) in [5, 5.41) is 2.71. The Morgan fingerprint density at radius 1 is 1.13 bits per heavy atom. The third-order valence-electron chi connectivity index (χ3n) is 5.22. The second kappa shape index (κ2) is 8.39. The lowest BCUT2D eigenvalue weighted by molar-refractivity contribution is 0.102. The number of nitrogens with one attached hydrogen (secondary N) is 1. The van der Waals surface area contributed by atoms with Crippen molar-refractivity contribution in [2.45, 2.75) is 24.7 Å². The molecule has 1 aliphatic rings. The fraction of sp³-hybridized carbons (Fsp3) is 0.217. The lowest BCUT2D eigenvalue weighted by Crippen LogP contribution is -2.35. The van der Waals surface area contributed by atoms with E-state index < -0.39 is 15.9 Å².